The van der Waals surface area contributed by atoms with Crippen LogP contribution in [-0.2, 0) is 11.3 Å². The van der Waals surface area contributed by atoms with Crippen molar-refractivity contribution in [2.45, 2.75) is 59.4 Å². The van der Waals surface area contributed by atoms with Gasteiger partial charge in [-0.1, -0.05) is 69.0 Å². The van der Waals surface area contributed by atoms with Crippen molar-refractivity contribution in [3.63, 3.8) is 0 Å². The van der Waals surface area contributed by atoms with E-state index in [1.807, 2.05) is 73.0 Å². The van der Waals surface area contributed by atoms with Crippen LogP contribution >= 0.6 is 0 Å². The van der Waals surface area contributed by atoms with E-state index in [-0.39, 0.29) is 17.7 Å². The Kier molecular flexibility index (Phi) is 7.67. The first-order valence-electron chi connectivity index (χ1n) is 11.2. The highest BCUT2D eigenvalue weighted by molar-refractivity contribution is 5.96. The highest BCUT2D eigenvalue weighted by Crippen LogP contribution is 2.26. The van der Waals surface area contributed by atoms with Crippen molar-refractivity contribution >= 4 is 17.5 Å². The third kappa shape index (κ3) is 5.50. The average molecular weight is 407 g/mol. The first-order valence-corrected chi connectivity index (χ1v) is 11.2. The van der Waals surface area contributed by atoms with Gasteiger partial charge in [0.25, 0.3) is 5.91 Å². The van der Waals surface area contributed by atoms with Crippen LogP contribution < -0.4 is 4.90 Å². The largest absolute Gasteiger partial charge is 0.334 e. The van der Waals surface area contributed by atoms with Crippen molar-refractivity contribution in [3.8, 4) is 0 Å². The molecule has 2 aromatic rings. The van der Waals surface area contributed by atoms with Gasteiger partial charge < -0.3 is 9.80 Å². The van der Waals surface area contributed by atoms with Crippen LogP contribution in [0.3, 0.4) is 0 Å². The van der Waals surface area contributed by atoms with Gasteiger partial charge in [-0.25, -0.2) is 0 Å². The van der Waals surface area contributed by atoms with Crippen molar-refractivity contribution in [3.05, 3.63) is 65.2 Å². The second kappa shape index (κ2) is 10.4. The van der Waals surface area contributed by atoms with Gasteiger partial charge in [-0.2, -0.15) is 0 Å². The predicted molar refractivity (Wildman–Crippen MR) is 123 cm³/mol. The Morgan fingerprint density at radius 2 is 1.57 bits per heavy atom. The lowest BCUT2D eigenvalue weighted by atomic mass is 10.0. The molecule has 4 heteroatoms. The molecular weight excluding hydrogens is 372 g/mol. The van der Waals surface area contributed by atoms with E-state index in [0.717, 1.165) is 67.6 Å². The fraction of sp³-hybridized carbons (Fsp3) is 0.462. The fourth-order valence-corrected chi connectivity index (χ4v) is 4.09. The summed E-state index contributed by atoms with van der Waals surface area (Å²) >= 11 is 0. The quantitative estimate of drug-likeness (QED) is 0.652. The Labute approximate surface area is 180 Å². The fourth-order valence-electron chi connectivity index (χ4n) is 4.09. The molecule has 0 aromatic heterocycles. The Hall–Kier alpha value is -2.62. The van der Waals surface area contributed by atoms with Crippen LogP contribution in [0.4, 0.5) is 5.69 Å². The summed E-state index contributed by atoms with van der Waals surface area (Å²) in [5.74, 6) is 0.152. The number of benzene rings is 2. The summed E-state index contributed by atoms with van der Waals surface area (Å²) in [5, 5.41) is 0. The van der Waals surface area contributed by atoms with Crippen molar-refractivity contribution in [2.24, 2.45) is 5.92 Å². The first kappa shape index (κ1) is 22.1. The molecule has 4 nitrogen and oxygen atoms in total. The number of nitrogens with zero attached hydrogens (tertiary/aromatic N) is 2. The molecule has 2 amide bonds. The number of fused-ring (bicyclic) bond motifs is 1. The molecule has 3 rings (SSSR count). The monoisotopic (exact) mass is 406 g/mol. The SMILES string of the molecule is Cc1cccc(C(=O)N2CCCCCCCN(C(=O)C(C)C)c3ccccc3C2)c1. The minimum Gasteiger partial charge on any atom is -0.334 e. The van der Waals surface area contributed by atoms with Crippen LogP contribution in [0.5, 0.6) is 0 Å². The summed E-state index contributed by atoms with van der Waals surface area (Å²) in [4.78, 5) is 30.2. The lowest BCUT2D eigenvalue weighted by Gasteiger charge is -2.30. The molecule has 0 aliphatic carbocycles. The van der Waals surface area contributed by atoms with E-state index in [2.05, 4.69) is 6.07 Å². The predicted octanol–water partition coefficient (Wildman–Crippen LogP) is 5.59. The third-order valence-electron chi connectivity index (χ3n) is 5.77. The molecule has 0 spiro atoms. The topological polar surface area (TPSA) is 40.6 Å². The van der Waals surface area contributed by atoms with Crippen LogP contribution in [0, 0.1) is 12.8 Å². The lowest BCUT2D eigenvalue weighted by Crippen LogP contribution is -2.37. The van der Waals surface area contributed by atoms with E-state index in [1.54, 1.807) is 0 Å². The standard InChI is InChI=1S/C26H34N2O2/c1-20(2)25(29)28-17-10-6-4-5-9-16-27(19-23-13-7-8-15-24(23)28)26(30)22-14-11-12-21(3)18-22/h7-8,11-15,18,20H,4-6,9-10,16-17,19H2,1-3H3. The smallest absolute Gasteiger partial charge is 0.254 e. The molecule has 0 bridgehead atoms. The molecule has 0 saturated heterocycles. The number of rotatable bonds is 2. The Morgan fingerprint density at radius 3 is 2.30 bits per heavy atom. The van der Waals surface area contributed by atoms with Crippen molar-refractivity contribution in [1.82, 2.24) is 4.90 Å². The van der Waals surface area contributed by atoms with Crippen molar-refractivity contribution in [1.29, 1.82) is 0 Å². The van der Waals surface area contributed by atoms with E-state index in [1.165, 1.54) is 0 Å². The highest BCUT2D eigenvalue weighted by Gasteiger charge is 2.24. The summed E-state index contributed by atoms with van der Waals surface area (Å²) in [5.41, 5.74) is 3.80. The van der Waals surface area contributed by atoms with Gasteiger partial charge in [0.2, 0.25) is 5.91 Å². The van der Waals surface area contributed by atoms with Crippen LogP contribution in [0.25, 0.3) is 0 Å². The van der Waals surface area contributed by atoms with E-state index in [4.69, 9.17) is 0 Å². The molecular formula is C26H34N2O2. The Bertz CT molecular complexity index is 875. The maximum Gasteiger partial charge on any atom is 0.254 e. The normalized spacial score (nSPS) is 15.9. The molecule has 2 aromatic carbocycles. The maximum atomic E-state index is 13.3. The number of amides is 2. The van der Waals surface area contributed by atoms with Gasteiger partial charge in [-0.3, -0.25) is 9.59 Å². The second-order valence-electron chi connectivity index (χ2n) is 8.64. The number of hydrogen-bond acceptors (Lipinski definition) is 2. The summed E-state index contributed by atoms with van der Waals surface area (Å²) in [6.45, 7) is 7.91. The summed E-state index contributed by atoms with van der Waals surface area (Å²) in [6, 6.07) is 15.9. The molecule has 0 unspecified atom stereocenters. The number of aryl methyl sites for hydroxylation is 1. The van der Waals surface area contributed by atoms with E-state index < -0.39 is 0 Å². The van der Waals surface area contributed by atoms with E-state index in [9.17, 15) is 9.59 Å². The highest BCUT2D eigenvalue weighted by atomic mass is 16.2. The van der Waals surface area contributed by atoms with Gasteiger partial charge in [0.15, 0.2) is 0 Å². The van der Waals surface area contributed by atoms with Crippen LogP contribution in [0.15, 0.2) is 48.5 Å². The average Bonchev–Trinajstić information content (AvgIpc) is 2.73. The number of hydrogen-bond donors (Lipinski definition) is 0. The summed E-state index contributed by atoms with van der Waals surface area (Å²) in [7, 11) is 0. The van der Waals surface area contributed by atoms with Crippen LogP contribution in [0.1, 0.15) is 67.4 Å². The minimum absolute atomic E-state index is 0.0593. The molecule has 0 fully saturated rings. The Balaban J connectivity index is 1.96. The van der Waals surface area contributed by atoms with Gasteiger partial charge in [0, 0.05) is 36.8 Å². The van der Waals surface area contributed by atoms with Crippen LogP contribution in [-0.4, -0.2) is 29.8 Å². The number of para-hydroxylation sites is 1. The summed E-state index contributed by atoms with van der Waals surface area (Å²) in [6.07, 6.45) is 5.37. The second-order valence-corrected chi connectivity index (χ2v) is 8.64. The number of carbonyl (C=O) groups excluding carboxylic acids is 2. The van der Waals surface area contributed by atoms with Crippen LogP contribution in [0.2, 0.25) is 0 Å². The molecule has 0 saturated carbocycles. The van der Waals surface area contributed by atoms with Crippen molar-refractivity contribution < 1.29 is 9.59 Å². The molecule has 1 aliphatic heterocycles. The molecule has 0 atom stereocenters. The minimum atomic E-state index is -0.0593. The molecule has 0 N–H and O–H groups in total. The van der Waals surface area contributed by atoms with Gasteiger partial charge in [-0.15, -0.1) is 0 Å². The lowest BCUT2D eigenvalue weighted by molar-refractivity contribution is -0.121. The zero-order chi connectivity index (χ0) is 21.5. The zero-order valence-corrected chi connectivity index (χ0v) is 18.6. The zero-order valence-electron chi connectivity index (χ0n) is 18.6. The van der Waals surface area contributed by atoms with Crippen molar-refractivity contribution in [2.75, 3.05) is 18.0 Å². The van der Waals surface area contributed by atoms with E-state index >= 15 is 0 Å². The van der Waals surface area contributed by atoms with Gasteiger partial charge in [0.1, 0.15) is 0 Å². The summed E-state index contributed by atoms with van der Waals surface area (Å²) < 4.78 is 0. The van der Waals surface area contributed by atoms with Gasteiger partial charge >= 0.3 is 0 Å². The molecule has 30 heavy (non-hydrogen) atoms. The molecule has 0 radical (unpaired) electrons. The maximum absolute atomic E-state index is 13.3. The number of carbonyl (C=O) groups is 2. The first-order chi connectivity index (χ1) is 14.5. The van der Waals surface area contributed by atoms with E-state index in [0.29, 0.717) is 6.54 Å². The molecule has 1 aliphatic rings. The van der Waals surface area contributed by atoms with Gasteiger partial charge in [0.05, 0.1) is 0 Å². The van der Waals surface area contributed by atoms with Gasteiger partial charge in [-0.05, 0) is 43.5 Å². The third-order valence-corrected chi connectivity index (χ3v) is 5.77. The Morgan fingerprint density at radius 1 is 0.867 bits per heavy atom. The molecule has 1 heterocycles. The molecule has 160 valence electrons. The number of anilines is 1.